The number of ether oxygens (including phenoxy) is 1. The van der Waals surface area contributed by atoms with Crippen LogP contribution in [0.2, 0.25) is 0 Å². The van der Waals surface area contributed by atoms with Gasteiger partial charge in [0.25, 0.3) is 0 Å². The number of imidazole rings is 1. The minimum atomic E-state index is -0.572. The van der Waals surface area contributed by atoms with Crippen LogP contribution in [-0.4, -0.2) is 27.4 Å². The molecule has 142 valence electrons. The van der Waals surface area contributed by atoms with Crippen molar-refractivity contribution in [3.05, 3.63) is 59.9 Å². The van der Waals surface area contributed by atoms with E-state index in [2.05, 4.69) is 35.8 Å². The Bertz CT molecular complexity index is 881. The summed E-state index contributed by atoms with van der Waals surface area (Å²) in [6.45, 7) is 2.97. The lowest BCUT2D eigenvalue weighted by Gasteiger charge is -2.26. The first-order chi connectivity index (χ1) is 13.2. The molecular weight excluding hydrogens is 336 g/mol. The molecule has 4 heteroatoms. The number of para-hydroxylation sites is 2. The molecule has 1 N–H and O–H groups in total. The fraction of sp³-hybridized carbons (Fsp3) is 0.435. The molecule has 1 aliphatic carbocycles. The van der Waals surface area contributed by atoms with Crippen molar-refractivity contribution in [2.45, 2.75) is 57.6 Å². The molecule has 0 radical (unpaired) electrons. The van der Waals surface area contributed by atoms with Gasteiger partial charge in [-0.2, -0.15) is 0 Å². The zero-order chi connectivity index (χ0) is 18.6. The van der Waals surface area contributed by atoms with E-state index >= 15 is 0 Å². The van der Waals surface area contributed by atoms with Crippen molar-refractivity contribution in [1.29, 1.82) is 0 Å². The summed E-state index contributed by atoms with van der Waals surface area (Å²) in [6, 6.07) is 16.4. The first kappa shape index (κ1) is 18.1. The van der Waals surface area contributed by atoms with E-state index in [1.54, 1.807) is 0 Å². The minimum Gasteiger partial charge on any atom is -0.491 e. The molecule has 3 aromatic rings. The van der Waals surface area contributed by atoms with E-state index in [9.17, 15) is 5.11 Å². The monoisotopic (exact) mass is 364 g/mol. The molecule has 4 rings (SSSR count). The Hall–Kier alpha value is -2.33. The Labute approximate surface area is 160 Å². The summed E-state index contributed by atoms with van der Waals surface area (Å²) in [4.78, 5) is 4.84. The van der Waals surface area contributed by atoms with Gasteiger partial charge < -0.3 is 14.4 Å². The minimum absolute atomic E-state index is 0.281. The maximum atomic E-state index is 10.6. The van der Waals surface area contributed by atoms with Crippen LogP contribution in [0.5, 0.6) is 5.75 Å². The van der Waals surface area contributed by atoms with E-state index < -0.39 is 6.10 Å². The van der Waals surface area contributed by atoms with Gasteiger partial charge in [-0.15, -0.1) is 0 Å². The first-order valence-electron chi connectivity index (χ1n) is 10.1. The molecule has 1 aromatic heterocycles. The van der Waals surface area contributed by atoms with Crippen LogP contribution in [0.4, 0.5) is 0 Å². The number of aromatic nitrogens is 2. The highest BCUT2D eigenvalue weighted by atomic mass is 16.5. The summed E-state index contributed by atoms with van der Waals surface area (Å²) < 4.78 is 8.01. The Morgan fingerprint density at radius 2 is 1.93 bits per heavy atom. The van der Waals surface area contributed by atoms with Crippen LogP contribution in [0.25, 0.3) is 11.0 Å². The molecule has 0 amide bonds. The van der Waals surface area contributed by atoms with Crippen LogP contribution in [0, 0.1) is 0 Å². The van der Waals surface area contributed by atoms with E-state index in [4.69, 9.17) is 9.72 Å². The van der Waals surface area contributed by atoms with Gasteiger partial charge in [0.1, 0.15) is 24.3 Å². The lowest BCUT2D eigenvalue weighted by Crippen LogP contribution is -2.26. The molecule has 2 aromatic carbocycles. The van der Waals surface area contributed by atoms with Crippen molar-refractivity contribution < 1.29 is 9.84 Å². The normalized spacial score (nSPS) is 15.6. The number of aryl methyl sites for hydroxylation is 1. The lowest BCUT2D eigenvalue weighted by atomic mass is 9.85. The Kier molecular flexibility index (Phi) is 5.44. The highest BCUT2D eigenvalue weighted by Gasteiger charge is 2.26. The smallest absolute Gasteiger partial charge is 0.119 e. The zero-order valence-corrected chi connectivity index (χ0v) is 16.0. The summed E-state index contributed by atoms with van der Waals surface area (Å²) in [5, 5.41) is 10.6. The summed E-state index contributed by atoms with van der Waals surface area (Å²) in [6.07, 6.45) is 5.31. The molecule has 1 unspecified atom stereocenters. The second-order valence-electron chi connectivity index (χ2n) is 7.56. The van der Waals surface area contributed by atoms with E-state index in [-0.39, 0.29) is 6.61 Å². The molecule has 4 nitrogen and oxygen atoms in total. The van der Waals surface area contributed by atoms with Crippen molar-refractivity contribution >= 4 is 11.0 Å². The number of fused-ring (bicyclic) bond motifs is 1. The van der Waals surface area contributed by atoms with E-state index in [1.165, 1.54) is 24.8 Å². The molecule has 0 bridgehead atoms. The van der Waals surface area contributed by atoms with Crippen molar-refractivity contribution in [3.8, 4) is 5.75 Å². The predicted octanol–water partition coefficient (Wildman–Crippen LogP) is 4.70. The molecule has 0 saturated heterocycles. The van der Waals surface area contributed by atoms with Crippen molar-refractivity contribution in [1.82, 2.24) is 9.55 Å². The second kappa shape index (κ2) is 8.13. The van der Waals surface area contributed by atoms with Crippen LogP contribution in [0.1, 0.15) is 49.9 Å². The van der Waals surface area contributed by atoms with Crippen LogP contribution in [0.15, 0.2) is 48.5 Å². The average Bonchev–Trinajstić information content (AvgIpc) is 2.98. The fourth-order valence-corrected chi connectivity index (χ4v) is 3.76. The largest absolute Gasteiger partial charge is 0.491 e. The van der Waals surface area contributed by atoms with Gasteiger partial charge in [0, 0.05) is 5.92 Å². The predicted molar refractivity (Wildman–Crippen MR) is 108 cm³/mol. The molecule has 1 atom stereocenters. The molecule has 27 heavy (non-hydrogen) atoms. The molecule has 1 saturated carbocycles. The number of nitrogens with zero attached hydrogens (tertiary/aromatic N) is 2. The van der Waals surface area contributed by atoms with Gasteiger partial charge in [-0.05, 0) is 49.1 Å². The number of rotatable bonds is 8. The quantitative estimate of drug-likeness (QED) is 0.630. The van der Waals surface area contributed by atoms with Gasteiger partial charge in [0.05, 0.1) is 17.6 Å². The van der Waals surface area contributed by atoms with E-state index in [0.717, 1.165) is 35.4 Å². The van der Waals surface area contributed by atoms with Gasteiger partial charge in [-0.3, -0.25) is 0 Å². The number of benzene rings is 2. The van der Waals surface area contributed by atoms with Crippen LogP contribution < -0.4 is 4.74 Å². The molecule has 0 spiro atoms. The summed E-state index contributed by atoms with van der Waals surface area (Å²) in [5.41, 5.74) is 3.43. The number of aliphatic hydroxyl groups excluding tert-OH is 1. The highest BCUT2D eigenvalue weighted by molar-refractivity contribution is 5.76. The van der Waals surface area contributed by atoms with Crippen LogP contribution in [0.3, 0.4) is 0 Å². The molecule has 0 aliphatic heterocycles. The lowest BCUT2D eigenvalue weighted by molar-refractivity contribution is 0.0919. The number of hydrogen-bond donors (Lipinski definition) is 1. The second-order valence-corrected chi connectivity index (χ2v) is 7.56. The topological polar surface area (TPSA) is 47.3 Å². The zero-order valence-electron chi connectivity index (χ0n) is 16.0. The van der Waals surface area contributed by atoms with Gasteiger partial charge in [0.15, 0.2) is 0 Å². The Morgan fingerprint density at radius 3 is 2.63 bits per heavy atom. The van der Waals surface area contributed by atoms with Crippen LogP contribution in [-0.2, 0) is 13.0 Å². The van der Waals surface area contributed by atoms with E-state index in [0.29, 0.717) is 12.5 Å². The molecule has 1 aliphatic rings. The van der Waals surface area contributed by atoms with Crippen molar-refractivity contribution in [3.63, 3.8) is 0 Å². The molecular formula is C23H28N2O2. The van der Waals surface area contributed by atoms with Crippen molar-refractivity contribution in [2.24, 2.45) is 0 Å². The summed E-state index contributed by atoms with van der Waals surface area (Å²) in [7, 11) is 0. The van der Waals surface area contributed by atoms with Crippen molar-refractivity contribution in [2.75, 3.05) is 6.61 Å². The third-order valence-corrected chi connectivity index (χ3v) is 5.45. The number of hydrogen-bond acceptors (Lipinski definition) is 3. The SMILES string of the molecule is CCCc1ccc(OCC(O)Cn2c(C3CCC3)nc3ccccc32)cc1. The average molecular weight is 364 g/mol. The van der Waals surface area contributed by atoms with Gasteiger partial charge in [-0.25, -0.2) is 4.98 Å². The van der Waals surface area contributed by atoms with Gasteiger partial charge in [0.2, 0.25) is 0 Å². The first-order valence-corrected chi connectivity index (χ1v) is 10.1. The Balaban J connectivity index is 1.43. The van der Waals surface area contributed by atoms with Crippen LogP contribution >= 0.6 is 0 Å². The van der Waals surface area contributed by atoms with Gasteiger partial charge >= 0.3 is 0 Å². The van der Waals surface area contributed by atoms with E-state index in [1.807, 2.05) is 24.3 Å². The Morgan fingerprint density at radius 1 is 1.15 bits per heavy atom. The van der Waals surface area contributed by atoms with Gasteiger partial charge in [-0.1, -0.05) is 44.0 Å². The molecule has 1 fully saturated rings. The maximum absolute atomic E-state index is 10.6. The molecule has 1 heterocycles. The summed E-state index contributed by atoms with van der Waals surface area (Å²) >= 11 is 0. The number of aliphatic hydroxyl groups is 1. The summed E-state index contributed by atoms with van der Waals surface area (Å²) in [5.74, 6) is 2.45. The standard InChI is InChI=1S/C23H28N2O2/c1-2-6-17-11-13-20(14-12-17)27-16-19(26)15-25-22-10-4-3-9-21(22)24-23(25)18-7-5-8-18/h3-4,9-14,18-19,26H,2,5-8,15-16H2,1H3. The fourth-order valence-electron chi connectivity index (χ4n) is 3.76. The maximum Gasteiger partial charge on any atom is 0.119 e. The third kappa shape index (κ3) is 4.01. The third-order valence-electron chi connectivity index (χ3n) is 5.45. The highest BCUT2D eigenvalue weighted by Crippen LogP contribution is 2.37.